The topological polar surface area (TPSA) is 49.3 Å². The predicted octanol–water partition coefficient (Wildman–Crippen LogP) is 3.20. The van der Waals surface area contributed by atoms with Crippen molar-refractivity contribution in [2.45, 2.75) is 0 Å². The molecule has 0 fully saturated rings. The fourth-order valence-electron chi connectivity index (χ4n) is 0.724. The summed E-state index contributed by atoms with van der Waals surface area (Å²) >= 11 is 14.8. The van der Waals surface area contributed by atoms with Crippen molar-refractivity contribution in [1.82, 2.24) is 0 Å². The monoisotopic (exact) mass is 259 g/mol. The number of anilines is 1. The van der Waals surface area contributed by atoms with Crippen LogP contribution >= 0.6 is 34.8 Å². The van der Waals surface area contributed by atoms with Gasteiger partial charge in [0.1, 0.15) is 0 Å². The third kappa shape index (κ3) is 3.00. The number of nitrogens with one attached hydrogen (secondary N) is 1. The molecule has 0 aliphatic heterocycles. The fraction of sp³-hybridized carbons (Fsp3) is 0. The van der Waals surface area contributed by atoms with Crippen molar-refractivity contribution in [1.29, 1.82) is 0 Å². The summed E-state index contributed by atoms with van der Waals surface area (Å²) in [7, 11) is 0. The lowest BCUT2D eigenvalue weighted by molar-refractivity contribution is 0.570. The third-order valence-electron chi connectivity index (χ3n) is 1.19. The molecule has 1 rings (SSSR count). The SMILES string of the molecule is O=S(O)Nc1cc(Cl)cc(Cl)c1Cl. The summed E-state index contributed by atoms with van der Waals surface area (Å²) in [5.41, 5.74) is 0.222. The molecule has 0 aliphatic rings. The molecule has 1 aromatic carbocycles. The van der Waals surface area contributed by atoms with Crippen LogP contribution in [-0.2, 0) is 11.3 Å². The van der Waals surface area contributed by atoms with E-state index in [1.54, 1.807) is 0 Å². The molecule has 0 radical (unpaired) electrons. The number of hydrogen-bond donors (Lipinski definition) is 2. The Morgan fingerprint density at radius 3 is 2.46 bits per heavy atom. The molecular formula is C6H4Cl3NO2S. The second-order valence-corrected chi connectivity index (χ2v) is 4.02. The average molecular weight is 261 g/mol. The Labute approximate surface area is 92.4 Å². The maximum atomic E-state index is 10.4. The molecule has 2 N–H and O–H groups in total. The first kappa shape index (κ1) is 11.1. The molecule has 1 aromatic rings. The number of halogens is 3. The maximum Gasteiger partial charge on any atom is 0.259 e. The molecule has 0 bridgehead atoms. The standard InChI is InChI=1S/C6H4Cl3NO2S/c7-3-1-4(8)6(9)5(2-3)10-13(11)12/h1-2,10H,(H,11,12). The molecule has 0 aliphatic carbocycles. The van der Waals surface area contributed by atoms with E-state index in [0.29, 0.717) is 5.02 Å². The Kier molecular flexibility index (Phi) is 3.82. The smallest absolute Gasteiger partial charge is 0.259 e. The van der Waals surface area contributed by atoms with Crippen molar-refractivity contribution < 1.29 is 8.76 Å². The Morgan fingerprint density at radius 1 is 1.31 bits per heavy atom. The van der Waals surface area contributed by atoms with Crippen LogP contribution in [0.4, 0.5) is 5.69 Å². The normalized spacial score (nSPS) is 12.6. The Balaban J connectivity index is 3.12. The van der Waals surface area contributed by atoms with E-state index in [4.69, 9.17) is 39.4 Å². The van der Waals surface area contributed by atoms with Crippen LogP contribution in [0.1, 0.15) is 0 Å². The molecule has 0 aromatic heterocycles. The van der Waals surface area contributed by atoms with E-state index in [2.05, 4.69) is 4.72 Å². The molecule has 0 amide bonds. The Morgan fingerprint density at radius 2 is 1.92 bits per heavy atom. The van der Waals surface area contributed by atoms with E-state index >= 15 is 0 Å². The van der Waals surface area contributed by atoms with Crippen LogP contribution in [0.2, 0.25) is 15.1 Å². The molecular weight excluding hydrogens is 256 g/mol. The van der Waals surface area contributed by atoms with Gasteiger partial charge in [0.2, 0.25) is 0 Å². The summed E-state index contributed by atoms with van der Waals surface area (Å²) in [6, 6.07) is 2.85. The highest BCUT2D eigenvalue weighted by Gasteiger charge is 2.07. The van der Waals surface area contributed by atoms with Gasteiger partial charge in [-0.05, 0) is 12.1 Å². The average Bonchev–Trinajstić information content (AvgIpc) is 1.98. The van der Waals surface area contributed by atoms with Gasteiger partial charge in [0, 0.05) is 5.02 Å². The molecule has 0 spiro atoms. The summed E-state index contributed by atoms with van der Waals surface area (Å²) in [6.07, 6.45) is 0. The van der Waals surface area contributed by atoms with Crippen LogP contribution in [0.25, 0.3) is 0 Å². The van der Waals surface area contributed by atoms with Crippen LogP contribution in [0.15, 0.2) is 12.1 Å². The van der Waals surface area contributed by atoms with Gasteiger partial charge in [-0.15, -0.1) is 0 Å². The molecule has 13 heavy (non-hydrogen) atoms. The second kappa shape index (κ2) is 4.48. The van der Waals surface area contributed by atoms with E-state index < -0.39 is 11.3 Å². The summed E-state index contributed by atoms with van der Waals surface area (Å²) in [6.45, 7) is 0. The van der Waals surface area contributed by atoms with E-state index in [1.807, 2.05) is 0 Å². The molecule has 0 saturated heterocycles. The number of benzene rings is 1. The van der Waals surface area contributed by atoms with E-state index in [0.717, 1.165) is 0 Å². The zero-order valence-corrected chi connectivity index (χ0v) is 9.14. The minimum Gasteiger partial charge on any atom is -0.289 e. The van der Waals surface area contributed by atoms with Crippen molar-refractivity contribution in [3.05, 3.63) is 27.2 Å². The van der Waals surface area contributed by atoms with Gasteiger partial charge < -0.3 is 0 Å². The molecule has 3 nitrogen and oxygen atoms in total. The minimum atomic E-state index is -2.20. The quantitative estimate of drug-likeness (QED) is 0.634. The van der Waals surface area contributed by atoms with Gasteiger partial charge in [-0.3, -0.25) is 9.27 Å². The van der Waals surface area contributed by atoms with E-state index in [1.165, 1.54) is 12.1 Å². The first-order valence-electron chi connectivity index (χ1n) is 3.03. The van der Waals surface area contributed by atoms with Crippen LogP contribution in [0, 0.1) is 0 Å². The highest BCUT2D eigenvalue weighted by atomic mass is 35.5. The lowest BCUT2D eigenvalue weighted by Crippen LogP contribution is -2.02. The number of hydrogen-bond acceptors (Lipinski definition) is 1. The Bertz CT molecular complexity index is 358. The maximum absolute atomic E-state index is 10.4. The fourth-order valence-corrected chi connectivity index (χ4v) is 1.78. The van der Waals surface area contributed by atoms with Crippen molar-refractivity contribution >= 4 is 51.8 Å². The number of rotatable bonds is 2. The van der Waals surface area contributed by atoms with Crippen molar-refractivity contribution in [2.24, 2.45) is 0 Å². The first-order valence-corrected chi connectivity index (χ1v) is 5.27. The minimum absolute atomic E-state index is 0.161. The summed E-state index contributed by atoms with van der Waals surface area (Å²) < 4.78 is 21.1. The molecule has 72 valence electrons. The highest BCUT2D eigenvalue weighted by Crippen LogP contribution is 2.33. The summed E-state index contributed by atoms with van der Waals surface area (Å²) in [5.74, 6) is 0. The Hall–Kier alpha value is -0.000000000000000167. The van der Waals surface area contributed by atoms with E-state index in [9.17, 15) is 4.21 Å². The van der Waals surface area contributed by atoms with Gasteiger partial charge in [0.25, 0.3) is 11.3 Å². The van der Waals surface area contributed by atoms with Gasteiger partial charge in [-0.1, -0.05) is 34.8 Å². The van der Waals surface area contributed by atoms with Crippen LogP contribution in [-0.4, -0.2) is 8.76 Å². The van der Waals surface area contributed by atoms with Gasteiger partial charge >= 0.3 is 0 Å². The van der Waals surface area contributed by atoms with Crippen molar-refractivity contribution in [3.8, 4) is 0 Å². The van der Waals surface area contributed by atoms with Gasteiger partial charge in [0.05, 0.1) is 15.7 Å². The van der Waals surface area contributed by atoms with Crippen molar-refractivity contribution in [3.63, 3.8) is 0 Å². The predicted molar refractivity (Wildman–Crippen MR) is 55.9 cm³/mol. The van der Waals surface area contributed by atoms with Gasteiger partial charge in [-0.2, -0.15) is 0 Å². The second-order valence-electron chi connectivity index (χ2n) is 2.10. The molecule has 1 unspecified atom stereocenters. The summed E-state index contributed by atoms with van der Waals surface area (Å²) in [5, 5.41) is 0.720. The lowest BCUT2D eigenvalue weighted by atomic mass is 10.3. The first-order chi connectivity index (χ1) is 6.00. The van der Waals surface area contributed by atoms with Gasteiger partial charge in [0.15, 0.2) is 0 Å². The molecule has 7 heteroatoms. The van der Waals surface area contributed by atoms with E-state index in [-0.39, 0.29) is 15.7 Å². The van der Waals surface area contributed by atoms with Crippen LogP contribution in [0.3, 0.4) is 0 Å². The zero-order chi connectivity index (χ0) is 10.0. The zero-order valence-electron chi connectivity index (χ0n) is 6.05. The largest absolute Gasteiger partial charge is 0.289 e. The molecule has 0 saturated carbocycles. The van der Waals surface area contributed by atoms with Crippen LogP contribution in [0.5, 0.6) is 0 Å². The molecule has 0 heterocycles. The highest BCUT2D eigenvalue weighted by molar-refractivity contribution is 7.80. The third-order valence-corrected chi connectivity index (χ3v) is 2.61. The van der Waals surface area contributed by atoms with Gasteiger partial charge in [-0.25, -0.2) is 4.21 Å². The van der Waals surface area contributed by atoms with Crippen molar-refractivity contribution in [2.75, 3.05) is 4.72 Å². The van der Waals surface area contributed by atoms with Crippen LogP contribution < -0.4 is 4.72 Å². The summed E-state index contributed by atoms with van der Waals surface area (Å²) in [4.78, 5) is 0. The molecule has 1 atom stereocenters. The lowest BCUT2D eigenvalue weighted by Gasteiger charge is -2.05.